The molecule has 6 rings (SSSR count). The van der Waals surface area contributed by atoms with Crippen molar-refractivity contribution in [2.75, 3.05) is 31.6 Å². The maximum atomic E-state index is 14.0. The fourth-order valence-electron chi connectivity index (χ4n) is 5.45. The Balaban J connectivity index is 1.38. The zero-order chi connectivity index (χ0) is 32.2. The van der Waals surface area contributed by atoms with Gasteiger partial charge in [-0.05, 0) is 43.7 Å². The molecule has 1 N–H and O–H groups in total. The van der Waals surface area contributed by atoms with Gasteiger partial charge in [-0.25, -0.2) is 19.7 Å². The molecule has 2 aliphatic rings. The highest BCUT2D eigenvalue weighted by Crippen LogP contribution is 2.43. The Bertz CT molecular complexity index is 1860. The third-order valence-electron chi connectivity index (χ3n) is 7.90. The van der Waals surface area contributed by atoms with Gasteiger partial charge < -0.3 is 24.2 Å². The molecule has 4 aromatic rings. The van der Waals surface area contributed by atoms with E-state index in [9.17, 15) is 27.9 Å². The Morgan fingerprint density at radius 2 is 1.89 bits per heavy atom. The van der Waals surface area contributed by atoms with Crippen LogP contribution in [-0.4, -0.2) is 84.0 Å². The maximum Gasteiger partial charge on any atom is 0.435 e. The highest BCUT2D eigenvalue weighted by Gasteiger charge is 2.39. The zero-order valence-electron chi connectivity index (χ0n) is 24.8. The summed E-state index contributed by atoms with van der Waals surface area (Å²) in [5.74, 6) is 0.755. The van der Waals surface area contributed by atoms with E-state index in [0.29, 0.717) is 41.8 Å². The van der Waals surface area contributed by atoms with E-state index in [1.807, 2.05) is 9.47 Å². The fraction of sp³-hybridized carbons (Fsp3) is 0.333. The number of nitrogens with zero attached hydrogens (tertiary/aromatic N) is 8. The molecular formula is C30H29F3N8O4. The third-order valence-corrected chi connectivity index (χ3v) is 7.90. The van der Waals surface area contributed by atoms with E-state index in [-0.39, 0.29) is 47.2 Å². The number of likely N-dealkylation sites (N-methyl/N-ethyl adjacent to an activating group) is 1. The van der Waals surface area contributed by atoms with Crippen LogP contribution in [0.15, 0.2) is 42.4 Å². The summed E-state index contributed by atoms with van der Waals surface area (Å²) in [6.45, 7) is 4.52. The van der Waals surface area contributed by atoms with Gasteiger partial charge in [-0.15, -0.1) is 0 Å². The molecule has 15 heteroatoms. The van der Waals surface area contributed by atoms with Gasteiger partial charge in [0.2, 0.25) is 5.95 Å². The van der Waals surface area contributed by atoms with Gasteiger partial charge in [0.25, 0.3) is 0 Å². The van der Waals surface area contributed by atoms with E-state index in [1.165, 1.54) is 25.2 Å². The largest absolute Gasteiger partial charge is 0.487 e. The lowest BCUT2D eigenvalue weighted by molar-refractivity contribution is -0.141. The predicted molar refractivity (Wildman–Crippen MR) is 156 cm³/mol. The number of aryl methyl sites for hydroxylation is 3. The quantitative estimate of drug-likeness (QED) is 0.314. The predicted octanol–water partition coefficient (Wildman–Crippen LogP) is 4.21. The van der Waals surface area contributed by atoms with Crippen LogP contribution in [-0.2, 0) is 19.8 Å². The number of hydrogen-bond donors (Lipinski definition) is 1. The van der Waals surface area contributed by atoms with Crippen molar-refractivity contribution in [1.82, 2.24) is 34.2 Å². The van der Waals surface area contributed by atoms with E-state index in [4.69, 9.17) is 4.74 Å². The van der Waals surface area contributed by atoms with Crippen molar-refractivity contribution in [1.29, 1.82) is 0 Å². The number of benzene rings is 1. The summed E-state index contributed by atoms with van der Waals surface area (Å²) in [4.78, 5) is 41.6. The van der Waals surface area contributed by atoms with Crippen molar-refractivity contribution in [2.24, 2.45) is 7.05 Å². The zero-order valence-corrected chi connectivity index (χ0v) is 24.8. The van der Waals surface area contributed by atoms with E-state index in [1.54, 1.807) is 50.5 Å². The Hall–Kier alpha value is -5.21. The Labute approximate surface area is 255 Å². The van der Waals surface area contributed by atoms with E-state index >= 15 is 0 Å². The molecule has 0 radical (unpaired) electrons. The average molecular weight is 623 g/mol. The van der Waals surface area contributed by atoms with Gasteiger partial charge in [0, 0.05) is 74.7 Å². The van der Waals surface area contributed by atoms with Crippen LogP contribution in [0.2, 0.25) is 0 Å². The number of carboxylic acid groups (broad SMARTS) is 1. The number of ketones is 1. The SMILES string of the molecule is Cc1cc(/C=C2\COc3c(cc(Cn4ccnc4C)cc3-c3cn(C)nc3C(F)(F)F)C2=O)nc(N2CC(N(C)C(=O)O)C2)n1. The van der Waals surface area contributed by atoms with Crippen LogP contribution in [0.1, 0.15) is 38.8 Å². The van der Waals surface area contributed by atoms with Crippen LogP contribution in [0.4, 0.5) is 23.9 Å². The van der Waals surface area contributed by atoms with E-state index in [0.717, 1.165) is 4.68 Å². The first kappa shape index (κ1) is 29.8. The lowest BCUT2D eigenvalue weighted by Crippen LogP contribution is -2.60. The molecule has 0 unspecified atom stereocenters. The second-order valence-corrected chi connectivity index (χ2v) is 11.2. The maximum absolute atomic E-state index is 14.0. The number of halogens is 3. The standard InChI is InChI=1S/C30H29F3N8O4/c1-16-7-20(36-28(35-16)41-12-21(13-41)39(4)29(43)44)10-19-15-45-26-22(24-14-38(3)37-27(24)30(31,32)33)8-18(9-23(26)25(19)42)11-40-6-5-34-17(40)2/h5-10,14,21H,11-13,15H2,1-4H3,(H,43,44)/b19-10+. The molecule has 5 heterocycles. The molecule has 0 spiro atoms. The first-order valence-corrected chi connectivity index (χ1v) is 14.0. The second-order valence-electron chi connectivity index (χ2n) is 11.2. The molecule has 2 aliphatic heterocycles. The van der Waals surface area contributed by atoms with Gasteiger partial charge in [0.1, 0.15) is 18.2 Å². The molecule has 0 atom stereocenters. The molecule has 1 fully saturated rings. The monoisotopic (exact) mass is 622 g/mol. The molecule has 3 aromatic heterocycles. The Morgan fingerprint density at radius 3 is 2.56 bits per heavy atom. The molecular weight excluding hydrogens is 593 g/mol. The van der Waals surface area contributed by atoms with Crippen LogP contribution in [0.25, 0.3) is 17.2 Å². The average Bonchev–Trinajstić information content (AvgIpc) is 3.53. The number of fused-ring (bicyclic) bond motifs is 1. The van der Waals surface area contributed by atoms with Crippen LogP contribution in [0.5, 0.6) is 5.75 Å². The highest BCUT2D eigenvalue weighted by molar-refractivity contribution is 6.15. The van der Waals surface area contributed by atoms with E-state index < -0.39 is 23.7 Å². The minimum absolute atomic E-state index is 0.0514. The number of aromatic nitrogens is 6. The third kappa shape index (κ3) is 5.72. The van der Waals surface area contributed by atoms with Crippen molar-refractivity contribution < 1.29 is 32.6 Å². The summed E-state index contributed by atoms with van der Waals surface area (Å²) in [7, 11) is 2.91. The summed E-state index contributed by atoms with van der Waals surface area (Å²) in [5.41, 5.74) is 0.912. The summed E-state index contributed by atoms with van der Waals surface area (Å²) in [6.07, 6.45) is 0.474. The molecule has 234 valence electrons. The molecule has 12 nitrogen and oxygen atoms in total. The molecule has 45 heavy (non-hydrogen) atoms. The molecule has 1 amide bonds. The van der Waals surface area contributed by atoms with Gasteiger partial charge in [0.05, 0.1) is 17.3 Å². The molecule has 1 aromatic carbocycles. The number of alkyl halides is 3. The first-order valence-electron chi connectivity index (χ1n) is 14.0. The molecule has 0 aliphatic carbocycles. The number of ether oxygens (including phenoxy) is 1. The fourth-order valence-corrected chi connectivity index (χ4v) is 5.45. The first-order chi connectivity index (χ1) is 21.3. The van der Waals surface area contributed by atoms with Crippen molar-refractivity contribution in [3.8, 4) is 16.9 Å². The van der Waals surface area contributed by atoms with Crippen LogP contribution < -0.4 is 9.64 Å². The van der Waals surface area contributed by atoms with Crippen LogP contribution in [0.3, 0.4) is 0 Å². The molecule has 1 saturated heterocycles. The van der Waals surface area contributed by atoms with Crippen molar-refractivity contribution in [2.45, 2.75) is 32.6 Å². The number of Topliss-reactive ketones (excluding diaryl/α,β-unsaturated/α-hetero) is 1. The van der Waals surface area contributed by atoms with Crippen LogP contribution >= 0.6 is 0 Å². The van der Waals surface area contributed by atoms with Gasteiger partial charge in [-0.3, -0.25) is 9.48 Å². The number of hydrogen-bond acceptors (Lipinski definition) is 8. The normalized spacial score (nSPS) is 16.0. The number of carbonyl (C=O) groups is 2. The summed E-state index contributed by atoms with van der Waals surface area (Å²) < 4.78 is 51.0. The van der Waals surface area contributed by atoms with Gasteiger partial charge in [-0.1, -0.05) is 0 Å². The Morgan fingerprint density at radius 1 is 1.16 bits per heavy atom. The van der Waals surface area contributed by atoms with Gasteiger partial charge in [-0.2, -0.15) is 18.3 Å². The molecule has 0 bridgehead atoms. The number of carbonyl (C=O) groups excluding carboxylic acids is 1. The van der Waals surface area contributed by atoms with Crippen molar-refractivity contribution in [3.05, 3.63) is 76.4 Å². The smallest absolute Gasteiger partial charge is 0.435 e. The summed E-state index contributed by atoms with van der Waals surface area (Å²) in [5, 5.41) is 12.9. The molecule has 0 saturated carbocycles. The van der Waals surface area contributed by atoms with Crippen molar-refractivity contribution >= 4 is 23.9 Å². The van der Waals surface area contributed by atoms with Crippen LogP contribution in [0, 0.1) is 13.8 Å². The number of imidazole rings is 1. The number of anilines is 1. The Kier molecular flexibility index (Phi) is 7.33. The van der Waals surface area contributed by atoms with Crippen molar-refractivity contribution in [3.63, 3.8) is 0 Å². The minimum Gasteiger partial charge on any atom is -0.487 e. The topological polar surface area (TPSA) is 132 Å². The number of rotatable bonds is 6. The summed E-state index contributed by atoms with van der Waals surface area (Å²) in [6, 6.07) is 4.74. The summed E-state index contributed by atoms with van der Waals surface area (Å²) >= 11 is 0. The minimum atomic E-state index is -4.73. The lowest BCUT2D eigenvalue weighted by Gasteiger charge is -2.42. The highest BCUT2D eigenvalue weighted by atomic mass is 19.4. The number of amides is 1. The lowest BCUT2D eigenvalue weighted by atomic mass is 9.91. The van der Waals surface area contributed by atoms with Gasteiger partial charge >= 0.3 is 12.3 Å². The van der Waals surface area contributed by atoms with E-state index in [2.05, 4.69) is 20.1 Å². The van der Waals surface area contributed by atoms with Gasteiger partial charge in [0.15, 0.2) is 11.5 Å². The second kappa shape index (κ2) is 11.1.